The van der Waals surface area contributed by atoms with E-state index in [1.54, 1.807) is 4.90 Å². The van der Waals surface area contributed by atoms with E-state index in [0.717, 1.165) is 18.4 Å². The normalized spacial score (nSPS) is 18.0. The van der Waals surface area contributed by atoms with Gasteiger partial charge in [0.25, 0.3) is 0 Å². The van der Waals surface area contributed by atoms with Gasteiger partial charge in [-0.15, -0.1) is 0 Å². The third-order valence-corrected chi connectivity index (χ3v) is 4.03. The SMILES string of the molecule is Cc1ccc(-c2noc(C3CCCN3C(=O)NC(C)(C)C)n2)cc1. The van der Waals surface area contributed by atoms with E-state index in [9.17, 15) is 4.79 Å². The van der Waals surface area contributed by atoms with Crippen molar-refractivity contribution in [2.24, 2.45) is 0 Å². The van der Waals surface area contributed by atoms with Crippen molar-refractivity contribution in [3.05, 3.63) is 35.7 Å². The molecule has 0 radical (unpaired) electrons. The summed E-state index contributed by atoms with van der Waals surface area (Å²) < 4.78 is 5.46. The van der Waals surface area contributed by atoms with E-state index < -0.39 is 0 Å². The van der Waals surface area contributed by atoms with Crippen molar-refractivity contribution in [1.29, 1.82) is 0 Å². The molecule has 1 unspecified atom stereocenters. The average molecular weight is 328 g/mol. The summed E-state index contributed by atoms with van der Waals surface area (Å²) in [5, 5.41) is 7.09. The largest absolute Gasteiger partial charge is 0.337 e. The van der Waals surface area contributed by atoms with E-state index in [-0.39, 0.29) is 17.6 Å². The third-order valence-electron chi connectivity index (χ3n) is 4.03. The van der Waals surface area contributed by atoms with Gasteiger partial charge < -0.3 is 14.7 Å². The molecule has 6 heteroatoms. The molecular formula is C18H24N4O2. The number of amides is 2. The number of hydrogen-bond acceptors (Lipinski definition) is 4. The van der Waals surface area contributed by atoms with Crippen LogP contribution < -0.4 is 5.32 Å². The van der Waals surface area contributed by atoms with Crippen LogP contribution in [0.4, 0.5) is 4.79 Å². The zero-order valence-electron chi connectivity index (χ0n) is 14.7. The summed E-state index contributed by atoms with van der Waals surface area (Å²) in [6.07, 6.45) is 1.78. The van der Waals surface area contributed by atoms with Crippen molar-refractivity contribution in [2.75, 3.05) is 6.54 Å². The van der Waals surface area contributed by atoms with Gasteiger partial charge in [0.1, 0.15) is 6.04 Å². The predicted octanol–water partition coefficient (Wildman–Crippen LogP) is 3.69. The van der Waals surface area contributed by atoms with Crippen molar-refractivity contribution in [2.45, 2.75) is 52.1 Å². The standard InChI is InChI=1S/C18H24N4O2/c1-12-7-9-13(10-8-12)15-19-16(24-21-15)14-6-5-11-22(14)17(23)20-18(2,3)4/h7-10,14H,5-6,11H2,1-4H3,(H,20,23). The smallest absolute Gasteiger partial charge is 0.318 e. The van der Waals surface area contributed by atoms with Crippen molar-refractivity contribution in [1.82, 2.24) is 20.4 Å². The van der Waals surface area contributed by atoms with Gasteiger partial charge in [0.2, 0.25) is 11.7 Å². The lowest BCUT2D eigenvalue weighted by molar-refractivity contribution is 0.172. The molecule has 6 nitrogen and oxygen atoms in total. The van der Waals surface area contributed by atoms with E-state index in [2.05, 4.69) is 15.5 Å². The number of carbonyl (C=O) groups excluding carboxylic acids is 1. The molecule has 0 spiro atoms. The second-order valence-corrected chi connectivity index (χ2v) is 7.35. The van der Waals surface area contributed by atoms with Crippen LogP contribution in [-0.4, -0.2) is 33.2 Å². The maximum Gasteiger partial charge on any atom is 0.318 e. The van der Waals surface area contributed by atoms with E-state index in [0.29, 0.717) is 18.3 Å². The summed E-state index contributed by atoms with van der Waals surface area (Å²) in [7, 11) is 0. The second-order valence-electron chi connectivity index (χ2n) is 7.35. The Bertz CT molecular complexity index is 715. The Morgan fingerprint density at radius 1 is 1.29 bits per heavy atom. The van der Waals surface area contributed by atoms with Crippen LogP contribution in [-0.2, 0) is 0 Å². The Balaban J connectivity index is 1.78. The quantitative estimate of drug-likeness (QED) is 0.912. The Labute approximate surface area is 142 Å². The summed E-state index contributed by atoms with van der Waals surface area (Å²) in [4.78, 5) is 18.8. The van der Waals surface area contributed by atoms with Gasteiger partial charge >= 0.3 is 6.03 Å². The minimum atomic E-state index is -0.272. The number of urea groups is 1. The van der Waals surface area contributed by atoms with E-state index in [1.807, 2.05) is 52.0 Å². The zero-order valence-corrected chi connectivity index (χ0v) is 14.7. The van der Waals surface area contributed by atoms with E-state index in [4.69, 9.17) is 4.52 Å². The lowest BCUT2D eigenvalue weighted by Gasteiger charge is -2.28. The first-order valence-corrected chi connectivity index (χ1v) is 8.33. The third kappa shape index (κ3) is 3.58. The molecule has 24 heavy (non-hydrogen) atoms. The Morgan fingerprint density at radius 3 is 2.67 bits per heavy atom. The van der Waals surface area contributed by atoms with Crippen molar-refractivity contribution in [3.8, 4) is 11.4 Å². The van der Waals surface area contributed by atoms with E-state index in [1.165, 1.54) is 5.56 Å². The van der Waals surface area contributed by atoms with Crippen LogP contribution in [0.3, 0.4) is 0 Å². The Morgan fingerprint density at radius 2 is 2.00 bits per heavy atom. The molecule has 1 saturated heterocycles. The monoisotopic (exact) mass is 328 g/mol. The number of likely N-dealkylation sites (tertiary alicyclic amines) is 1. The molecule has 1 aliphatic heterocycles. The fourth-order valence-electron chi connectivity index (χ4n) is 2.85. The van der Waals surface area contributed by atoms with Gasteiger partial charge in [-0.25, -0.2) is 4.79 Å². The molecule has 1 N–H and O–H groups in total. The minimum Gasteiger partial charge on any atom is -0.337 e. The topological polar surface area (TPSA) is 71.3 Å². The maximum atomic E-state index is 12.5. The summed E-state index contributed by atoms with van der Waals surface area (Å²) >= 11 is 0. The first-order chi connectivity index (χ1) is 11.3. The number of hydrogen-bond donors (Lipinski definition) is 1. The number of nitrogens with one attached hydrogen (secondary N) is 1. The molecule has 0 aliphatic carbocycles. The highest BCUT2D eigenvalue weighted by atomic mass is 16.5. The molecule has 2 heterocycles. The highest BCUT2D eigenvalue weighted by Crippen LogP contribution is 2.32. The van der Waals surface area contributed by atoms with Gasteiger partial charge in [-0.05, 0) is 40.5 Å². The number of rotatable bonds is 2. The van der Waals surface area contributed by atoms with Crippen molar-refractivity contribution < 1.29 is 9.32 Å². The second kappa shape index (κ2) is 6.26. The number of nitrogens with zero attached hydrogens (tertiary/aromatic N) is 3. The van der Waals surface area contributed by atoms with Crippen LogP contribution in [0.5, 0.6) is 0 Å². The molecule has 0 bridgehead atoms. The lowest BCUT2D eigenvalue weighted by Crippen LogP contribution is -2.48. The first-order valence-electron chi connectivity index (χ1n) is 8.33. The van der Waals surface area contributed by atoms with Crippen LogP contribution in [0.15, 0.2) is 28.8 Å². The summed E-state index contributed by atoms with van der Waals surface area (Å²) in [6, 6.07) is 7.75. The van der Waals surface area contributed by atoms with Crippen LogP contribution in [0.1, 0.15) is 51.1 Å². The molecule has 3 rings (SSSR count). The zero-order chi connectivity index (χ0) is 17.3. The number of aromatic nitrogens is 2. The molecule has 1 atom stereocenters. The predicted molar refractivity (Wildman–Crippen MR) is 91.4 cm³/mol. The van der Waals surface area contributed by atoms with Crippen molar-refractivity contribution in [3.63, 3.8) is 0 Å². The molecule has 1 aliphatic rings. The Hall–Kier alpha value is -2.37. The van der Waals surface area contributed by atoms with Gasteiger partial charge in [-0.1, -0.05) is 35.0 Å². The van der Waals surface area contributed by atoms with Crippen molar-refractivity contribution >= 4 is 6.03 Å². The summed E-state index contributed by atoms with van der Waals surface area (Å²) in [5.74, 6) is 1.07. The summed E-state index contributed by atoms with van der Waals surface area (Å²) in [6.45, 7) is 8.65. The molecule has 1 aromatic heterocycles. The molecule has 0 saturated carbocycles. The van der Waals surface area contributed by atoms with Gasteiger partial charge in [0.15, 0.2) is 0 Å². The first kappa shape index (κ1) is 16.5. The molecule has 2 aromatic rings. The van der Waals surface area contributed by atoms with Crippen LogP contribution in [0.25, 0.3) is 11.4 Å². The summed E-state index contributed by atoms with van der Waals surface area (Å²) in [5.41, 5.74) is 1.83. The molecule has 1 fully saturated rings. The lowest BCUT2D eigenvalue weighted by atomic mass is 10.1. The Kier molecular flexibility index (Phi) is 4.30. The van der Waals surface area contributed by atoms with Crippen LogP contribution in [0.2, 0.25) is 0 Å². The maximum absolute atomic E-state index is 12.5. The minimum absolute atomic E-state index is 0.0833. The van der Waals surface area contributed by atoms with Gasteiger partial charge in [0.05, 0.1) is 0 Å². The van der Waals surface area contributed by atoms with Crippen LogP contribution >= 0.6 is 0 Å². The highest BCUT2D eigenvalue weighted by Gasteiger charge is 2.35. The van der Waals surface area contributed by atoms with E-state index >= 15 is 0 Å². The molecule has 128 valence electrons. The molecule has 1 aromatic carbocycles. The fourth-order valence-corrected chi connectivity index (χ4v) is 2.85. The molecular weight excluding hydrogens is 304 g/mol. The number of carbonyl (C=O) groups is 1. The number of benzene rings is 1. The van der Waals surface area contributed by atoms with Gasteiger partial charge in [-0.3, -0.25) is 0 Å². The van der Waals surface area contributed by atoms with Crippen LogP contribution in [0, 0.1) is 6.92 Å². The average Bonchev–Trinajstić information content (AvgIpc) is 3.15. The highest BCUT2D eigenvalue weighted by molar-refractivity contribution is 5.75. The van der Waals surface area contributed by atoms with Gasteiger partial charge in [0, 0.05) is 17.6 Å². The van der Waals surface area contributed by atoms with Gasteiger partial charge in [-0.2, -0.15) is 4.98 Å². The fraction of sp³-hybridized carbons (Fsp3) is 0.500. The molecule has 2 amide bonds. The number of aryl methyl sites for hydroxylation is 1.